The number of unbranched alkanes of at least 4 members (excludes halogenated alkanes) is 1. The van der Waals surface area contributed by atoms with Crippen molar-refractivity contribution in [1.29, 1.82) is 0 Å². The molecule has 0 saturated carbocycles. The van der Waals surface area contributed by atoms with Gasteiger partial charge in [0.15, 0.2) is 0 Å². The summed E-state index contributed by atoms with van der Waals surface area (Å²) in [4.78, 5) is 13.1. The fourth-order valence-electron chi connectivity index (χ4n) is 4.18. The fourth-order valence-corrected chi connectivity index (χ4v) is 4.18. The van der Waals surface area contributed by atoms with Gasteiger partial charge in [-0.05, 0) is 30.2 Å². The zero-order valence-electron chi connectivity index (χ0n) is 21.1. The molecule has 8 heteroatoms. The molecule has 198 valence electrons. The fraction of sp³-hybridized carbons (Fsp3) is 0.536. The summed E-state index contributed by atoms with van der Waals surface area (Å²) in [5.41, 5.74) is 1.09. The number of rotatable bonds is 19. The second-order valence-corrected chi connectivity index (χ2v) is 8.44. The number of aliphatic hydroxyl groups excluding tert-OH is 1. The van der Waals surface area contributed by atoms with Gasteiger partial charge in [0.2, 0.25) is 0 Å². The lowest BCUT2D eigenvalue weighted by Gasteiger charge is -2.26. The van der Waals surface area contributed by atoms with Gasteiger partial charge in [-0.15, -0.1) is 0 Å². The molecular weight excluding hydrogens is 464 g/mol. The molecule has 8 nitrogen and oxygen atoms in total. The van der Waals surface area contributed by atoms with E-state index in [4.69, 9.17) is 33.5 Å². The van der Waals surface area contributed by atoms with E-state index in [1.165, 1.54) is 0 Å². The molecule has 1 unspecified atom stereocenters. The van der Waals surface area contributed by atoms with E-state index in [2.05, 4.69) is 6.92 Å². The van der Waals surface area contributed by atoms with Crippen LogP contribution < -0.4 is 9.47 Å². The second kappa shape index (κ2) is 15.6. The molecule has 1 heterocycles. The summed E-state index contributed by atoms with van der Waals surface area (Å²) in [7, 11) is 0. The van der Waals surface area contributed by atoms with Crippen LogP contribution in [0.4, 0.5) is 0 Å². The van der Waals surface area contributed by atoms with Gasteiger partial charge in [0, 0.05) is 5.56 Å². The minimum absolute atomic E-state index is 0.0215. The molecule has 3 rings (SSSR count). The van der Waals surface area contributed by atoms with Crippen molar-refractivity contribution < 1.29 is 38.3 Å². The molecule has 36 heavy (non-hydrogen) atoms. The van der Waals surface area contributed by atoms with Gasteiger partial charge in [-0.1, -0.05) is 50.1 Å². The van der Waals surface area contributed by atoms with E-state index < -0.39 is 5.41 Å². The second-order valence-electron chi connectivity index (χ2n) is 8.44. The van der Waals surface area contributed by atoms with Crippen LogP contribution in [0.2, 0.25) is 0 Å². The number of hydrogen-bond acceptors (Lipinski definition) is 8. The third-order valence-corrected chi connectivity index (χ3v) is 6.00. The van der Waals surface area contributed by atoms with E-state index in [1.807, 2.05) is 48.5 Å². The van der Waals surface area contributed by atoms with Crippen LogP contribution in [0.1, 0.15) is 37.3 Å². The third-order valence-electron chi connectivity index (χ3n) is 6.00. The minimum atomic E-state index is -0.771. The average Bonchev–Trinajstić information content (AvgIpc) is 3.19. The molecule has 1 aliphatic heterocycles. The van der Waals surface area contributed by atoms with E-state index in [0.29, 0.717) is 71.6 Å². The molecule has 2 aromatic rings. The Morgan fingerprint density at radius 3 is 1.97 bits per heavy atom. The maximum atomic E-state index is 13.1. The number of benzene rings is 2. The van der Waals surface area contributed by atoms with Crippen molar-refractivity contribution in [1.82, 2.24) is 0 Å². The minimum Gasteiger partial charge on any atom is -0.491 e. The van der Waals surface area contributed by atoms with E-state index in [1.54, 1.807) is 0 Å². The summed E-state index contributed by atoms with van der Waals surface area (Å²) in [5.74, 6) is 1.17. The average molecular weight is 503 g/mol. The summed E-state index contributed by atoms with van der Waals surface area (Å²) < 4.78 is 32.9. The lowest BCUT2D eigenvalue weighted by atomic mass is 9.72. The molecule has 2 aromatic carbocycles. The lowest BCUT2D eigenvalue weighted by Crippen LogP contribution is -2.35. The first kappa shape index (κ1) is 28.1. The monoisotopic (exact) mass is 502 g/mol. The van der Waals surface area contributed by atoms with Gasteiger partial charge in [-0.2, -0.15) is 0 Å². The van der Waals surface area contributed by atoms with Gasteiger partial charge in [0.1, 0.15) is 23.5 Å². The van der Waals surface area contributed by atoms with Crippen LogP contribution in [0, 0.1) is 0 Å². The quantitative estimate of drug-likeness (QED) is 0.177. The van der Waals surface area contributed by atoms with Crippen LogP contribution in [-0.4, -0.2) is 77.1 Å². The van der Waals surface area contributed by atoms with Crippen LogP contribution in [0.5, 0.6) is 11.5 Å². The van der Waals surface area contributed by atoms with Gasteiger partial charge in [0.25, 0.3) is 0 Å². The van der Waals surface area contributed by atoms with Crippen molar-refractivity contribution in [2.24, 2.45) is 0 Å². The van der Waals surface area contributed by atoms with Gasteiger partial charge in [-0.25, -0.2) is 0 Å². The molecule has 0 bridgehead atoms. The molecule has 1 atom stereocenters. The first-order valence-corrected chi connectivity index (χ1v) is 12.7. The summed E-state index contributed by atoms with van der Waals surface area (Å²) >= 11 is 0. The largest absolute Gasteiger partial charge is 0.491 e. The van der Waals surface area contributed by atoms with Gasteiger partial charge >= 0.3 is 5.97 Å². The van der Waals surface area contributed by atoms with E-state index in [9.17, 15) is 4.79 Å². The maximum Gasteiger partial charge on any atom is 0.326 e. The first-order chi connectivity index (χ1) is 17.7. The van der Waals surface area contributed by atoms with Crippen molar-refractivity contribution >= 4 is 5.97 Å². The summed E-state index contributed by atoms with van der Waals surface area (Å²) in [6, 6.07) is 15.4. The smallest absolute Gasteiger partial charge is 0.326 e. The number of hydrogen-bond donors (Lipinski definition) is 1. The van der Waals surface area contributed by atoms with Gasteiger partial charge in [-0.3, -0.25) is 4.79 Å². The van der Waals surface area contributed by atoms with Crippen LogP contribution in [0.25, 0.3) is 0 Å². The Kier molecular flexibility index (Phi) is 12.2. The van der Waals surface area contributed by atoms with E-state index in [-0.39, 0.29) is 12.6 Å². The zero-order valence-corrected chi connectivity index (χ0v) is 21.1. The highest BCUT2D eigenvalue weighted by atomic mass is 16.6. The van der Waals surface area contributed by atoms with Gasteiger partial charge < -0.3 is 33.5 Å². The number of carbonyl (C=O) groups is 1. The summed E-state index contributed by atoms with van der Waals surface area (Å²) in [6.45, 7) is 6.23. The molecule has 1 N–H and O–H groups in total. The number of para-hydroxylation sites is 1. The molecule has 0 aromatic heterocycles. The number of carbonyl (C=O) groups excluding carboxylic acids is 1. The van der Waals surface area contributed by atoms with Crippen molar-refractivity contribution in [3.63, 3.8) is 0 Å². The number of esters is 1. The number of ether oxygens (including phenoxy) is 6. The van der Waals surface area contributed by atoms with Crippen LogP contribution in [-0.2, 0) is 29.2 Å². The van der Waals surface area contributed by atoms with E-state index >= 15 is 0 Å². The Morgan fingerprint density at radius 1 is 0.778 bits per heavy atom. The first-order valence-electron chi connectivity index (χ1n) is 12.7. The Hall–Kier alpha value is -2.49. The third kappa shape index (κ3) is 7.75. The Morgan fingerprint density at radius 2 is 1.36 bits per heavy atom. The zero-order chi connectivity index (χ0) is 25.5. The van der Waals surface area contributed by atoms with Crippen molar-refractivity contribution in [3.05, 3.63) is 59.7 Å². The molecular formula is C28H38O8. The predicted molar refractivity (Wildman–Crippen MR) is 135 cm³/mol. The predicted octanol–water partition coefficient (Wildman–Crippen LogP) is 3.52. The molecule has 0 saturated heterocycles. The van der Waals surface area contributed by atoms with Crippen molar-refractivity contribution in [2.75, 3.05) is 66.1 Å². The number of fused-ring (bicyclic) bond motifs is 1. The topological polar surface area (TPSA) is 92.7 Å². The Balaban J connectivity index is 1.36. The molecule has 0 fully saturated rings. The highest BCUT2D eigenvalue weighted by Gasteiger charge is 2.49. The van der Waals surface area contributed by atoms with Crippen molar-refractivity contribution in [3.8, 4) is 11.5 Å². The lowest BCUT2D eigenvalue weighted by molar-refractivity contribution is -0.137. The Labute approximate surface area is 213 Å². The molecule has 0 spiro atoms. The highest BCUT2D eigenvalue weighted by molar-refractivity contribution is 5.94. The normalized spacial score (nSPS) is 16.7. The molecule has 1 aliphatic rings. The van der Waals surface area contributed by atoms with Crippen LogP contribution >= 0.6 is 0 Å². The molecule has 0 aliphatic carbocycles. The standard InChI is InChI=1S/C28H38O8/c1-2-3-12-28(25-6-4-5-7-26(25)36-27(28)30)23-8-10-24(11-9-23)35-22-21-34-20-19-33-18-17-32-16-15-31-14-13-29/h4-11,29H,2-3,12-22H2,1H3. The summed E-state index contributed by atoms with van der Waals surface area (Å²) in [6.07, 6.45) is 2.63. The summed E-state index contributed by atoms with van der Waals surface area (Å²) in [5, 5.41) is 8.60. The van der Waals surface area contributed by atoms with Gasteiger partial charge in [0.05, 0.1) is 59.5 Å². The number of aliphatic hydroxyl groups is 1. The maximum absolute atomic E-state index is 13.1. The Bertz CT molecular complexity index is 901. The SMILES string of the molecule is CCCCC1(c2ccc(OCCOCCOCCOCCOCCO)cc2)C(=O)Oc2ccccc21. The van der Waals surface area contributed by atoms with Crippen LogP contribution in [0.3, 0.4) is 0 Å². The highest BCUT2D eigenvalue weighted by Crippen LogP contribution is 2.47. The van der Waals surface area contributed by atoms with Crippen molar-refractivity contribution in [2.45, 2.75) is 31.6 Å². The molecule has 0 amide bonds. The molecule has 0 radical (unpaired) electrons. The van der Waals surface area contributed by atoms with Crippen LogP contribution in [0.15, 0.2) is 48.5 Å². The van der Waals surface area contributed by atoms with E-state index in [0.717, 1.165) is 29.7 Å².